The third kappa shape index (κ3) is 3.52. The molecule has 1 N–H and O–H groups in total. The van der Waals surface area contributed by atoms with Gasteiger partial charge in [-0.25, -0.2) is 4.90 Å². The minimum absolute atomic E-state index is 0.0895. The van der Waals surface area contributed by atoms with Gasteiger partial charge in [0.2, 0.25) is 0 Å². The molecule has 0 saturated carbocycles. The molecule has 0 radical (unpaired) electrons. The second kappa shape index (κ2) is 6.85. The number of benzene rings is 2. The van der Waals surface area contributed by atoms with Crippen LogP contribution < -0.4 is 9.80 Å². The molecule has 0 aromatic heterocycles. The zero-order chi connectivity index (χ0) is 18.1. The van der Waals surface area contributed by atoms with Gasteiger partial charge in [0.05, 0.1) is 10.2 Å². The minimum atomic E-state index is -0.327. The van der Waals surface area contributed by atoms with Crippen molar-refractivity contribution >= 4 is 56.7 Å². The van der Waals surface area contributed by atoms with E-state index in [2.05, 4.69) is 15.9 Å². The summed E-state index contributed by atoms with van der Waals surface area (Å²) in [5.41, 5.74) is 2.38. The maximum Gasteiger partial charge on any atom is 0.301 e. The molecule has 0 spiro atoms. The summed E-state index contributed by atoms with van der Waals surface area (Å²) in [7, 11) is 3.89. The Morgan fingerprint density at radius 1 is 1.20 bits per heavy atom. The molecule has 1 aliphatic rings. The first-order valence-corrected chi connectivity index (χ1v) is 8.61. The molecule has 2 aromatic rings. The summed E-state index contributed by atoms with van der Waals surface area (Å²) in [5.74, 6) is -0.0648. The maximum absolute atomic E-state index is 12.7. The van der Waals surface area contributed by atoms with Gasteiger partial charge in [-0.05, 0) is 76.2 Å². The molecule has 1 amide bonds. The van der Waals surface area contributed by atoms with Gasteiger partial charge in [-0.3, -0.25) is 4.79 Å². The fraction of sp³-hybridized carbons (Fsp3) is 0.111. The zero-order valence-corrected chi connectivity index (χ0v) is 16.0. The number of hydrogen-bond donors (Lipinski definition) is 1. The third-order valence-corrected chi connectivity index (χ3v) is 4.59. The van der Waals surface area contributed by atoms with Crippen molar-refractivity contribution in [1.82, 2.24) is 0 Å². The standard InChI is InChI=1S/C18H15BrN2O3S/c1-20(2)12-4-6-13(7-5-12)21-17(23)16(24-18(21)25)10-11-3-8-15(22)14(19)9-11/h3-10,22H,1-2H3. The number of carbonyl (C=O) groups excluding carboxylic acids is 1. The molecule has 3 rings (SSSR count). The predicted molar refractivity (Wildman–Crippen MR) is 106 cm³/mol. The summed E-state index contributed by atoms with van der Waals surface area (Å²) in [5, 5.41) is 9.64. The lowest BCUT2D eigenvalue weighted by molar-refractivity contribution is -0.114. The number of ether oxygens (including phenoxy) is 1. The molecule has 0 atom stereocenters. The fourth-order valence-electron chi connectivity index (χ4n) is 2.35. The first kappa shape index (κ1) is 17.4. The Labute approximate surface area is 159 Å². The highest BCUT2D eigenvalue weighted by atomic mass is 79.9. The van der Waals surface area contributed by atoms with Crippen molar-refractivity contribution in [3.05, 3.63) is 58.3 Å². The predicted octanol–water partition coefficient (Wildman–Crippen LogP) is 3.91. The van der Waals surface area contributed by atoms with Crippen LogP contribution in [0, 0.1) is 0 Å². The molecular formula is C18H15BrN2O3S. The van der Waals surface area contributed by atoms with Crippen LogP contribution in [0.2, 0.25) is 0 Å². The highest BCUT2D eigenvalue weighted by Crippen LogP contribution is 2.29. The minimum Gasteiger partial charge on any atom is -0.507 e. The maximum atomic E-state index is 12.7. The average Bonchev–Trinajstić information content (AvgIpc) is 2.85. The van der Waals surface area contributed by atoms with Gasteiger partial charge in [0, 0.05) is 19.8 Å². The third-order valence-electron chi connectivity index (χ3n) is 3.69. The second-order valence-corrected chi connectivity index (χ2v) is 6.84. The Morgan fingerprint density at radius 2 is 1.88 bits per heavy atom. The van der Waals surface area contributed by atoms with Crippen LogP contribution in [-0.4, -0.2) is 30.3 Å². The summed E-state index contributed by atoms with van der Waals surface area (Å²) >= 11 is 8.45. The number of anilines is 2. The number of amides is 1. The van der Waals surface area contributed by atoms with Crippen LogP contribution in [0.4, 0.5) is 11.4 Å². The molecule has 1 heterocycles. The molecule has 1 aliphatic heterocycles. The van der Waals surface area contributed by atoms with Crippen LogP contribution in [0.1, 0.15) is 5.56 Å². The van der Waals surface area contributed by atoms with Crippen molar-refractivity contribution < 1.29 is 14.6 Å². The van der Waals surface area contributed by atoms with Crippen molar-refractivity contribution in [2.75, 3.05) is 23.9 Å². The first-order chi connectivity index (χ1) is 11.9. The number of halogens is 1. The number of thiocarbonyl (C=S) groups is 1. The van der Waals surface area contributed by atoms with E-state index in [1.54, 1.807) is 18.2 Å². The molecule has 128 valence electrons. The van der Waals surface area contributed by atoms with Crippen molar-refractivity contribution in [2.45, 2.75) is 0 Å². The molecule has 1 saturated heterocycles. The molecule has 2 aromatic carbocycles. The van der Waals surface area contributed by atoms with E-state index in [1.165, 1.54) is 11.0 Å². The summed E-state index contributed by atoms with van der Waals surface area (Å²) in [6.07, 6.45) is 1.59. The Morgan fingerprint density at radius 3 is 2.48 bits per heavy atom. The first-order valence-electron chi connectivity index (χ1n) is 7.40. The van der Waals surface area contributed by atoms with E-state index in [-0.39, 0.29) is 22.6 Å². The van der Waals surface area contributed by atoms with Crippen LogP contribution in [0.25, 0.3) is 6.08 Å². The van der Waals surface area contributed by atoms with Gasteiger partial charge < -0.3 is 14.7 Å². The molecule has 25 heavy (non-hydrogen) atoms. The normalized spacial score (nSPS) is 15.6. The average molecular weight is 419 g/mol. The van der Waals surface area contributed by atoms with E-state index in [1.807, 2.05) is 43.3 Å². The van der Waals surface area contributed by atoms with Crippen LogP contribution in [0.5, 0.6) is 5.75 Å². The smallest absolute Gasteiger partial charge is 0.301 e. The van der Waals surface area contributed by atoms with E-state index in [4.69, 9.17) is 17.0 Å². The van der Waals surface area contributed by atoms with Crippen molar-refractivity contribution in [1.29, 1.82) is 0 Å². The molecular weight excluding hydrogens is 404 g/mol. The number of aromatic hydroxyl groups is 1. The van der Waals surface area contributed by atoms with Gasteiger partial charge >= 0.3 is 5.91 Å². The number of hydrogen-bond acceptors (Lipinski definition) is 5. The Hall–Kier alpha value is -2.38. The lowest BCUT2D eigenvalue weighted by Gasteiger charge is -2.16. The van der Waals surface area contributed by atoms with Crippen molar-refractivity contribution in [2.24, 2.45) is 0 Å². The lowest BCUT2D eigenvalue weighted by Crippen LogP contribution is -2.28. The number of carbonyl (C=O) groups is 1. The SMILES string of the molecule is CN(C)c1ccc(N2C(=O)C(=Cc3ccc(O)c(Br)c3)OC2=S)cc1. The fourth-order valence-corrected chi connectivity index (χ4v) is 3.03. The van der Waals surface area contributed by atoms with E-state index >= 15 is 0 Å². The zero-order valence-electron chi connectivity index (χ0n) is 13.6. The van der Waals surface area contributed by atoms with Crippen LogP contribution in [-0.2, 0) is 9.53 Å². The second-order valence-electron chi connectivity index (χ2n) is 5.64. The molecule has 0 aliphatic carbocycles. The van der Waals surface area contributed by atoms with Gasteiger partial charge in [-0.2, -0.15) is 0 Å². The lowest BCUT2D eigenvalue weighted by atomic mass is 10.2. The Balaban J connectivity index is 1.89. The topological polar surface area (TPSA) is 53.0 Å². The van der Waals surface area contributed by atoms with Gasteiger partial charge in [0.1, 0.15) is 5.75 Å². The monoisotopic (exact) mass is 418 g/mol. The number of rotatable bonds is 3. The highest BCUT2D eigenvalue weighted by molar-refractivity contribution is 9.10. The van der Waals surface area contributed by atoms with E-state index in [0.717, 1.165) is 5.69 Å². The van der Waals surface area contributed by atoms with Gasteiger partial charge in [0.25, 0.3) is 5.17 Å². The summed E-state index contributed by atoms with van der Waals surface area (Å²) < 4.78 is 6.01. The van der Waals surface area contributed by atoms with Gasteiger partial charge in [0.15, 0.2) is 5.76 Å². The number of phenols is 1. The highest BCUT2D eigenvalue weighted by Gasteiger charge is 2.34. The largest absolute Gasteiger partial charge is 0.507 e. The van der Waals surface area contributed by atoms with Crippen LogP contribution in [0.3, 0.4) is 0 Å². The molecule has 0 bridgehead atoms. The molecule has 1 fully saturated rings. The molecule has 5 nitrogen and oxygen atoms in total. The van der Waals surface area contributed by atoms with Crippen LogP contribution >= 0.6 is 28.1 Å². The van der Waals surface area contributed by atoms with Gasteiger partial charge in [-0.1, -0.05) is 6.07 Å². The quantitative estimate of drug-likeness (QED) is 0.604. The van der Waals surface area contributed by atoms with Crippen molar-refractivity contribution in [3.8, 4) is 5.75 Å². The van der Waals surface area contributed by atoms with Gasteiger partial charge in [-0.15, -0.1) is 0 Å². The Bertz CT molecular complexity index is 878. The number of nitrogens with zero attached hydrogens (tertiary/aromatic N) is 2. The molecule has 0 unspecified atom stereocenters. The summed E-state index contributed by atoms with van der Waals surface area (Å²) in [4.78, 5) is 16.0. The van der Waals surface area contributed by atoms with Crippen LogP contribution in [0.15, 0.2) is 52.7 Å². The van der Waals surface area contributed by atoms with E-state index in [9.17, 15) is 9.90 Å². The van der Waals surface area contributed by atoms with E-state index in [0.29, 0.717) is 15.7 Å². The summed E-state index contributed by atoms with van der Waals surface area (Å²) in [6.45, 7) is 0. The Kier molecular flexibility index (Phi) is 4.78. The van der Waals surface area contributed by atoms with E-state index < -0.39 is 0 Å². The number of phenolic OH excluding ortho intramolecular Hbond substituents is 1. The summed E-state index contributed by atoms with van der Waals surface area (Å²) in [6, 6.07) is 12.4. The molecule has 7 heteroatoms. The van der Waals surface area contributed by atoms with Crippen molar-refractivity contribution in [3.63, 3.8) is 0 Å².